The van der Waals surface area contributed by atoms with Gasteiger partial charge in [-0.1, -0.05) is 15.9 Å². The van der Waals surface area contributed by atoms with E-state index in [1.165, 1.54) is 6.07 Å². The number of thiophene rings is 1. The van der Waals surface area contributed by atoms with E-state index in [0.717, 1.165) is 15.8 Å². The highest BCUT2D eigenvalue weighted by Crippen LogP contribution is 2.38. The SMILES string of the molecule is Cc1ccc(C(C)Nc2ccc(Br)cc2C(F)(F)F)s1. The van der Waals surface area contributed by atoms with Gasteiger partial charge < -0.3 is 5.32 Å². The van der Waals surface area contributed by atoms with Crippen molar-refractivity contribution in [2.45, 2.75) is 26.1 Å². The van der Waals surface area contributed by atoms with Gasteiger partial charge in [-0.3, -0.25) is 0 Å². The van der Waals surface area contributed by atoms with Crippen LogP contribution in [0.2, 0.25) is 0 Å². The molecule has 1 aromatic heterocycles. The van der Waals surface area contributed by atoms with Gasteiger partial charge in [0.25, 0.3) is 0 Å². The van der Waals surface area contributed by atoms with Gasteiger partial charge in [-0.05, 0) is 44.2 Å². The molecule has 1 aromatic carbocycles. The quantitative estimate of drug-likeness (QED) is 0.703. The monoisotopic (exact) mass is 363 g/mol. The Balaban J connectivity index is 2.29. The topological polar surface area (TPSA) is 12.0 Å². The van der Waals surface area contributed by atoms with Gasteiger partial charge in [0.2, 0.25) is 0 Å². The van der Waals surface area contributed by atoms with Gasteiger partial charge in [-0.2, -0.15) is 13.2 Å². The number of hydrogen-bond donors (Lipinski definition) is 1. The summed E-state index contributed by atoms with van der Waals surface area (Å²) in [5, 5.41) is 2.94. The van der Waals surface area contributed by atoms with Crippen LogP contribution in [-0.4, -0.2) is 0 Å². The summed E-state index contributed by atoms with van der Waals surface area (Å²) in [5.41, 5.74) is -0.564. The summed E-state index contributed by atoms with van der Waals surface area (Å²) in [4.78, 5) is 2.15. The molecule has 0 fully saturated rings. The molecule has 1 unspecified atom stereocenters. The lowest BCUT2D eigenvalue weighted by atomic mass is 10.1. The highest BCUT2D eigenvalue weighted by Gasteiger charge is 2.34. The molecule has 0 aliphatic heterocycles. The summed E-state index contributed by atoms with van der Waals surface area (Å²) in [6.45, 7) is 3.83. The predicted molar refractivity (Wildman–Crippen MR) is 80.2 cm³/mol. The second kappa shape index (κ2) is 5.77. The van der Waals surface area contributed by atoms with E-state index in [9.17, 15) is 13.2 Å². The lowest BCUT2D eigenvalue weighted by molar-refractivity contribution is -0.137. The number of aryl methyl sites for hydroxylation is 1. The highest BCUT2D eigenvalue weighted by molar-refractivity contribution is 9.10. The van der Waals surface area contributed by atoms with Crippen molar-refractivity contribution < 1.29 is 13.2 Å². The second-order valence-electron chi connectivity index (χ2n) is 4.50. The van der Waals surface area contributed by atoms with Crippen LogP contribution in [0.15, 0.2) is 34.8 Å². The first-order valence-electron chi connectivity index (χ1n) is 5.97. The highest BCUT2D eigenvalue weighted by atomic mass is 79.9. The van der Waals surface area contributed by atoms with Crippen molar-refractivity contribution in [3.05, 3.63) is 50.1 Å². The Bertz CT molecular complexity index is 607. The van der Waals surface area contributed by atoms with Crippen molar-refractivity contribution in [3.8, 4) is 0 Å². The summed E-state index contributed by atoms with van der Waals surface area (Å²) >= 11 is 4.66. The molecule has 0 aliphatic carbocycles. The van der Waals surface area contributed by atoms with Gasteiger partial charge in [0.15, 0.2) is 0 Å². The van der Waals surface area contributed by atoms with Crippen molar-refractivity contribution in [1.29, 1.82) is 0 Å². The van der Waals surface area contributed by atoms with Gasteiger partial charge in [-0.15, -0.1) is 11.3 Å². The number of rotatable bonds is 3. The molecule has 1 atom stereocenters. The zero-order chi connectivity index (χ0) is 14.9. The summed E-state index contributed by atoms with van der Waals surface area (Å²) in [5.74, 6) is 0. The van der Waals surface area contributed by atoms with Crippen LogP contribution in [0.4, 0.5) is 18.9 Å². The van der Waals surface area contributed by atoms with Crippen LogP contribution in [0.1, 0.15) is 28.3 Å². The Labute approximate surface area is 128 Å². The van der Waals surface area contributed by atoms with Crippen LogP contribution in [-0.2, 0) is 6.18 Å². The molecule has 0 saturated heterocycles. The average Bonchev–Trinajstić information content (AvgIpc) is 2.77. The summed E-state index contributed by atoms with van der Waals surface area (Å²) in [6.07, 6.45) is -4.38. The molecule has 2 aromatic rings. The molecule has 20 heavy (non-hydrogen) atoms. The Morgan fingerprint density at radius 1 is 1.20 bits per heavy atom. The van der Waals surface area contributed by atoms with Gasteiger partial charge in [-0.25, -0.2) is 0 Å². The molecule has 0 spiro atoms. The number of hydrogen-bond acceptors (Lipinski definition) is 2. The molecular formula is C14H13BrF3NS. The fraction of sp³-hybridized carbons (Fsp3) is 0.286. The Morgan fingerprint density at radius 2 is 1.90 bits per heavy atom. The summed E-state index contributed by atoms with van der Waals surface area (Å²) in [6, 6.07) is 7.87. The van der Waals surface area contributed by atoms with Crippen molar-refractivity contribution >= 4 is 33.0 Å². The lowest BCUT2D eigenvalue weighted by Crippen LogP contribution is -2.13. The molecule has 1 N–H and O–H groups in total. The van der Waals surface area contributed by atoms with Crippen molar-refractivity contribution in [1.82, 2.24) is 0 Å². The van der Waals surface area contributed by atoms with Crippen molar-refractivity contribution in [2.24, 2.45) is 0 Å². The van der Waals surface area contributed by atoms with E-state index in [0.29, 0.717) is 4.47 Å². The fourth-order valence-electron chi connectivity index (χ4n) is 1.87. The molecule has 0 bridgehead atoms. The molecule has 2 rings (SSSR count). The molecule has 108 valence electrons. The smallest absolute Gasteiger partial charge is 0.377 e. The zero-order valence-corrected chi connectivity index (χ0v) is 13.3. The minimum absolute atomic E-state index is 0.0965. The largest absolute Gasteiger partial charge is 0.418 e. The Kier molecular flexibility index (Phi) is 4.44. The average molecular weight is 364 g/mol. The molecular weight excluding hydrogens is 351 g/mol. The number of halogens is 4. The fourth-order valence-corrected chi connectivity index (χ4v) is 3.11. The third-order valence-corrected chi connectivity index (χ3v) is 4.52. The maximum atomic E-state index is 13.0. The van der Waals surface area contributed by atoms with E-state index in [4.69, 9.17) is 0 Å². The molecule has 0 radical (unpaired) electrons. The van der Waals surface area contributed by atoms with Crippen LogP contribution >= 0.6 is 27.3 Å². The first kappa shape index (κ1) is 15.4. The zero-order valence-electron chi connectivity index (χ0n) is 10.9. The maximum absolute atomic E-state index is 13.0. The van der Waals surface area contributed by atoms with E-state index >= 15 is 0 Å². The molecule has 0 amide bonds. The first-order chi connectivity index (χ1) is 9.27. The van der Waals surface area contributed by atoms with Gasteiger partial charge in [0, 0.05) is 19.9 Å². The van der Waals surface area contributed by atoms with E-state index in [-0.39, 0.29) is 11.7 Å². The normalized spacial score (nSPS) is 13.3. The molecule has 6 heteroatoms. The van der Waals surface area contributed by atoms with E-state index in [1.54, 1.807) is 17.4 Å². The minimum Gasteiger partial charge on any atom is -0.377 e. The summed E-state index contributed by atoms with van der Waals surface area (Å²) < 4.78 is 39.5. The third kappa shape index (κ3) is 3.55. The minimum atomic E-state index is -4.38. The van der Waals surface area contributed by atoms with E-state index in [2.05, 4.69) is 21.2 Å². The molecule has 0 saturated carbocycles. The van der Waals surface area contributed by atoms with E-state index in [1.807, 2.05) is 26.0 Å². The van der Waals surface area contributed by atoms with Gasteiger partial charge in [0.05, 0.1) is 11.6 Å². The summed E-state index contributed by atoms with van der Waals surface area (Å²) in [7, 11) is 0. The number of anilines is 1. The molecule has 1 heterocycles. The molecule has 0 aliphatic rings. The van der Waals surface area contributed by atoms with Crippen LogP contribution < -0.4 is 5.32 Å². The van der Waals surface area contributed by atoms with Gasteiger partial charge in [0.1, 0.15) is 0 Å². The van der Waals surface area contributed by atoms with Crippen LogP contribution in [0.3, 0.4) is 0 Å². The van der Waals surface area contributed by atoms with Gasteiger partial charge >= 0.3 is 6.18 Å². The lowest BCUT2D eigenvalue weighted by Gasteiger charge is -2.19. The van der Waals surface area contributed by atoms with Crippen LogP contribution in [0.5, 0.6) is 0 Å². The molecule has 1 nitrogen and oxygen atoms in total. The number of nitrogens with one attached hydrogen (secondary N) is 1. The van der Waals surface area contributed by atoms with Crippen LogP contribution in [0, 0.1) is 6.92 Å². The standard InChI is InChI=1S/C14H13BrF3NS/c1-8-3-6-13(20-8)9(2)19-12-5-4-10(15)7-11(12)14(16,17)18/h3-7,9,19H,1-2H3. The third-order valence-electron chi connectivity index (χ3n) is 2.85. The maximum Gasteiger partial charge on any atom is 0.418 e. The van der Waals surface area contributed by atoms with Crippen molar-refractivity contribution in [3.63, 3.8) is 0 Å². The van der Waals surface area contributed by atoms with Crippen LogP contribution in [0.25, 0.3) is 0 Å². The Hall–Kier alpha value is -1.01. The number of benzene rings is 1. The second-order valence-corrected chi connectivity index (χ2v) is 6.74. The van der Waals surface area contributed by atoms with E-state index < -0.39 is 11.7 Å². The Morgan fingerprint density at radius 3 is 2.45 bits per heavy atom. The number of alkyl halides is 3. The predicted octanol–water partition coefficient (Wildman–Crippen LogP) is 6.01. The first-order valence-corrected chi connectivity index (χ1v) is 7.58. The van der Waals surface area contributed by atoms with Crippen molar-refractivity contribution in [2.75, 3.05) is 5.32 Å².